The molecule has 0 fully saturated rings. The van der Waals surface area contributed by atoms with Crippen LogP contribution in [-0.2, 0) is 4.74 Å². The Balaban J connectivity index is 2.84. The van der Waals surface area contributed by atoms with Crippen molar-refractivity contribution in [1.82, 2.24) is 0 Å². The van der Waals surface area contributed by atoms with Crippen molar-refractivity contribution in [2.45, 2.75) is 0 Å². The van der Waals surface area contributed by atoms with Gasteiger partial charge in [0.2, 0.25) is 0 Å². The fourth-order valence-electron chi connectivity index (χ4n) is 1.30. The van der Waals surface area contributed by atoms with Gasteiger partial charge in [-0.05, 0) is 18.2 Å². The smallest absolute Gasteiger partial charge is 0.105 e. The summed E-state index contributed by atoms with van der Waals surface area (Å²) in [4.78, 5) is 2.37. The molecule has 1 aromatic carbocycles. The molecule has 16 heavy (non-hydrogen) atoms. The van der Waals surface area contributed by atoms with Crippen LogP contribution >= 0.6 is 23.8 Å². The summed E-state index contributed by atoms with van der Waals surface area (Å²) in [5.74, 6) is 0. The van der Waals surface area contributed by atoms with Crippen LogP contribution in [0.2, 0.25) is 5.02 Å². The standard InChI is InChI=1S/C11H15ClN2OS/c1-14(5-6-15-2)8-3-4-9(11(13)16)10(12)7-8/h3-4,7H,5-6H2,1-2H3,(H2,13,16). The minimum absolute atomic E-state index is 0.316. The summed E-state index contributed by atoms with van der Waals surface area (Å²) in [5.41, 5.74) is 7.26. The molecule has 0 unspecified atom stereocenters. The van der Waals surface area contributed by atoms with Gasteiger partial charge in [0.15, 0.2) is 0 Å². The Morgan fingerprint density at radius 1 is 1.56 bits per heavy atom. The molecule has 1 aromatic rings. The average Bonchev–Trinajstić information content (AvgIpc) is 2.25. The van der Waals surface area contributed by atoms with E-state index in [1.807, 2.05) is 25.2 Å². The van der Waals surface area contributed by atoms with Crippen LogP contribution < -0.4 is 10.6 Å². The first-order valence-corrected chi connectivity index (χ1v) is 5.64. The minimum atomic E-state index is 0.316. The van der Waals surface area contributed by atoms with Gasteiger partial charge < -0.3 is 15.4 Å². The van der Waals surface area contributed by atoms with Crippen molar-refractivity contribution in [2.75, 3.05) is 32.2 Å². The maximum atomic E-state index is 6.08. The van der Waals surface area contributed by atoms with Crippen molar-refractivity contribution >= 4 is 34.5 Å². The second-order valence-corrected chi connectivity index (χ2v) is 4.29. The number of nitrogens with zero attached hydrogens (tertiary/aromatic N) is 1. The number of hydrogen-bond donors (Lipinski definition) is 1. The third-order valence-corrected chi connectivity index (χ3v) is 2.82. The van der Waals surface area contributed by atoms with Crippen LogP contribution in [0, 0.1) is 0 Å². The van der Waals surface area contributed by atoms with Crippen molar-refractivity contribution in [2.24, 2.45) is 5.73 Å². The van der Waals surface area contributed by atoms with Crippen molar-refractivity contribution < 1.29 is 4.74 Å². The highest BCUT2D eigenvalue weighted by molar-refractivity contribution is 7.80. The molecular weight excluding hydrogens is 244 g/mol. The Bertz CT molecular complexity index is 384. The number of methoxy groups -OCH3 is 1. The molecule has 0 radical (unpaired) electrons. The van der Waals surface area contributed by atoms with Gasteiger partial charge in [-0.25, -0.2) is 0 Å². The molecule has 1 rings (SSSR count). The lowest BCUT2D eigenvalue weighted by Gasteiger charge is -2.19. The van der Waals surface area contributed by atoms with E-state index >= 15 is 0 Å². The van der Waals surface area contributed by atoms with E-state index < -0.39 is 0 Å². The second kappa shape index (κ2) is 6.03. The molecule has 0 bridgehead atoms. The first-order valence-electron chi connectivity index (χ1n) is 4.85. The molecule has 0 amide bonds. The van der Waals surface area contributed by atoms with Crippen molar-refractivity contribution in [3.05, 3.63) is 28.8 Å². The summed E-state index contributed by atoms with van der Waals surface area (Å²) >= 11 is 11.0. The van der Waals surface area contributed by atoms with Crippen molar-refractivity contribution in [1.29, 1.82) is 0 Å². The van der Waals surface area contributed by atoms with Gasteiger partial charge in [-0.15, -0.1) is 0 Å². The zero-order chi connectivity index (χ0) is 12.1. The van der Waals surface area contributed by atoms with Gasteiger partial charge in [-0.2, -0.15) is 0 Å². The molecule has 0 aromatic heterocycles. The lowest BCUT2D eigenvalue weighted by molar-refractivity contribution is 0.206. The van der Waals surface area contributed by atoms with Crippen LogP contribution in [0.1, 0.15) is 5.56 Å². The summed E-state index contributed by atoms with van der Waals surface area (Å²) < 4.78 is 5.01. The normalized spacial score (nSPS) is 10.2. The van der Waals surface area contributed by atoms with E-state index in [1.54, 1.807) is 7.11 Å². The van der Waals surface area contributed by atoms with Gasteiger partial charge in [0, 0.05) is 32.0 Å². The fourth-order valence-corrected chi connectivity index (χ4v) is 1.81. The van der Waals surface area contributed by atoms with Gasteiger partial charge in [-0.3, -0.25) is 0 Å². The van der Waals surface area contributed by atoms with E-state index in [0.717, 1.165) is 12.2 Å². The Labute approximate surface area is 106 Å². The largest absolute Gasteiger partial charge is 0.389 e. The molecule has 0 aliphatic rings. The summed E-state index contributed by atoms with van der Waals surface area (Å²) in [6.07, 6.45) is 0. The number of ether oxygens (including phenoxy) is 1. The number of halogens is 1. The highest BCUT2D eigenvalue weighted by atomic mass is 35.5. The Kier molecular flexibility index (Phi) is 4.99. The SMILES string of the molecule is COCCN(C)c1ccc(C(N)=S)c(Cl)c1. The lowest BCUT2D eigenvalue weighted by atomic mass is 10.2. The van der Waals surface area contributed by atoms with E-state index in [0.29, 0.717) is 22.2 Å². The molecule has 0 spiro atoms. The van der Waals surface area contributed by atoms with Crippen LogP contribution in [0.3, 0.4) is 0 Å². The van der Waals surface area contributed by atoms with E-state index in [9.17, 15) is 0 Å². The predicted octanol–water partition coefficient (Wildman–Crippen LogP) is 2.06. The fraction of sp³-hybridized carbons (Fsp3) is 0.364. The van der Waals surface area contributed by atoms with E-state index in [1.165, 1.54) is 0 Å². The van der Waals surface area contributed by atoms with E-state index in [4.69, 9.17) is 34.3 Å². The summed E-state index contributed by atoms with van der Waals surface area (Å²) in [7, 11) is 3.65. The Morgan fingerprint density at radius 2 is 2.25 bits per heavy atom. The van der Waals surface area contributed by atoms with E-state index in [2.05, 4.69) is 4.90 Å². The first kappa shape index (κ1) is 13.2. The van der Waals surface area contributed by atoms with Crippen LogP contribution in [-0.4, -0.2) is 32.3 Å². The Morgan fingerprint density at radius 3 is 2.75 bits per heavy atom. The highest BCUT2D eigenvalue weighted by Gasteiger charge is 2.06. The number of benzene rings is 1. The molecule has 5 heteroatoms. The number of hydrogen-bond acceptors (Lipinski definition) is 3. The van der Waals surface area contributed by atoms with Gasteiger partial charge in [-0.1, -0.05) is 23.8 Å². The van der Waals surface area contributed by atoms with Crippen LogP contribution in [0.25, 0.3) is 0 Å². The molecule has 3 nitrogen and oxygen atoms in total. The summed E-state index contributed by atoms with van der Waals surface area (Å²) in [6.45, 7) is 1.48. The monoisotopic (exact) mass is 258 g/mol. The van der Waals surface area contributed by atoms with Crippen molar-refractivity contribution in [3.8, 4) is 0 Å². The lowest BCUT2D eigenvalue weighted by Crippen LogP contribution is -2.22. The van der Waals surface area contributed by atoms with Gasteiger partial charge in [0.1, 0.15) is 4.99 Å². The molecule has 0 aliphatic heterocycles. The zero-order valence-electron chi connectivity index (χ0n) is 9.37. The molecule has 0 aliphatic carbocycles. The molecule has 0 saturated carbocycles. The second-order valence-electron chi connectivity index (χ2n) is 3.44. The summed E-state index contributed by atoms with van der Waals surface area (Å²) in [6, 6.07) is 5.63. The van der Waals surface area contributed by atoms with Crippen LogP contribution in [0.15, 0.2) is 18.2 Å². The highest BCUT2D eigenvalue weighted by Crippen LogP contribution is 2.22. The minimum Gasteiger partial charge on any atom is -0.389 e. The number of thiocarbonyl (C=S) groups is 1. The third-order valence-electron chi connectivity index (χ3n) is 2.29. The number of anilines is 1. The number of rotatable bonds is 5. The maximum Gasteiger partial charge on any atom is 0.105 e. The zero-order valence-corrected chi connectivity index (χ0v) is 10.9. The first-order chi connectivity index (χ1) is 7.56. The summed E-state index contributed by atoms with van der Waals surface area (Å²) in [5, 5.41) is 0.578. The molecule has 0 saturated heterocycles. The quantitative estimate of drug-likeness (QED) is 0.821. The average molecular weight is 259 g/mol. The molecule has 0 heterocycles. The molecule has 2 N–H and O–H groups in total. The van der Waals surface area contributed by atoms with Gasteiger partial charge in [0.25, 0.3) is 0 Å². The number of likely N-dealkylation sites (N-methyl/N-ethyl adjacent to an activating group) is 1. The topological polar surface area (TPSA) is 38.5 Å². The number of nitrogens with two attached hydrogens (primary N) is 1. The van der Waals surface area contributed by atoms with Crippen LogP contribution in [0.5, 0.6) is 0 Å². The predicted molar refractivity (Wildman–Crippen MR) is 72.5 cm³/mol. The maximum absolute atomic E-state index is 6.08. The molecular formula is C11H15ClN2OS. The third kappa shape index (κ3) is 3.33. The molecule has 0 atom stereocenters. The van der Waals surface area contributed by atoms with Crippen LogP contribution in [0.4, 0.5) is 5.69 Å². The van der Waals surface area contributed by atoms with Gasteiger partial charge >= 0.3 is 0 Å². The molecule has 88 valence electrons. The Hall–Kier alpha value is -0.840. The van der Waals surface area contributed by atoms with Gasteiger partial charge in [0.05, 0.1) is 11.6 Å². The van der Waals surface area contributed by atoms with E-state index in [-0.39, 0.29) is 0 Å². The van der Waals surface area contributed by atoms with Crippen molar-refractivity contribution in [3.63, 3.8) is 0 Å².